The number of aromatic nitrogens is 1. The Labute approximate surface area is 100 Å². The summed E-state index contributed by atoms with van der Waals surface area (Å²) in [6.07, 6.45) is 5.94. The van der Waals surface area contributed by atoms with E-state index in [0.717, 1.165) is 19.3 Å². The molecule has 17 heavy (non-hydrogen) atoms. The molecule has 0 saturated heterocycles. The second kappa shape index (κ2) is 5.17. The fourth-order valence-electron chi connectivity index (χ4n) is 2.43. The summed E-state index contributed by atoms with van der Waals surface area (Å²) in [6, 6.07) is 3.44. The van der Waals surface area contributed by atoms with Gasteiger partial charge in [0.15, 0.2) is 0 Å². The van der Waals surface area contributed by atoms with Crippen LogP contribution in [0.5, 0.6) is 0 Å². The second-order valence-corrected chi connectivity index (χ2v) is 4.86. The number of carbonyl (C=O) groups excluding carboxylic acids is 1. The first-order valence-electron chi connectivity index (χ1n) is 6.15. The van der Waals surface area contributed by atoms with Crippen LogP contribution in [0.2, 0.25) is 0 Å². The minimum Gasteiger partial charge on any atom is -0.349 e. The van der Waals surface area contributed by atoms with Gasteiger partial charge in [-0.1, -0.05) is 19.8 Å². The van der Waals surface area contributed by atoms with E-state index in [1.54, 1.807) is 12.1 Å². The van der Waals surface area contributed by atoms with E-state index >= 15 is 0 Å². The van der Waals surface area contributed by atoms with E-state index in [9.17, 15) is 9.59 Å². The topological polar surface area (TPSA) is 62.0 Å². The molecule has 92 valence electrons. The van der Waals surface area contributed by atoms with Crippen molar-refractivity contribution in [1.29, 1.82) is 0 Å². The quantitative estimate of drug-likeness (QED) is 0.818. The Balaban J connectivity index is 2.02. The summed E-state index contributed by atoms with van der Waals surface area (Å²) in [5.74, 6) is 0.397. The number of amides is 1. The molecule has 1 aromatic rings. The van der Waals surface area contributed by atoms with Gasteiger partial charge in [-0.05, 0) is 30.9 Å². The zero-order chi connectivity index (χ0) is 12.3. The minimum absolute atomic E-state index is 0.200. The van der Waals surface area contributed by atoms with Crippen LogP contribution in [0.1, 0.15) is 43.0 Å². The van der Waals surface area contributed by atoms with Gasteiger partial charge in [-0.3, -0.25) is 9.59 Å². The van der Waals surface area contributed by atoms with Crippen LogP contribution in [0.3, 0.4) is 0 Å². The molecule has 1 aliphatic rings. The molecule has 1 aliphatic carbocycles. The number of nitrogens with one attached hydrogen (secondary N) is 2. The van der Waals surface area contributed by atoms with E-state index in [4.69, 9.17) is 0 Å². The van der Waals surface area contributed by atoms with Crippen LogP contribution < -0.4 is 10.9 Å². The van der Waals surface area contributed by atoms with Crippen molar-refractivity contribution in [1.82, 2.24) is 10.3 Å². The summed E-state index contributed by atoms with van der Waals surface area (Å²) in [5, 5.41) is 2.95. The molecular formula is C13H18N2O2. The Morgan fingerprint density at radius 1 is 1.47 bits per heavy atom. The van der Waals surface area contributed by atoms with Gasteiger partial charge in [0.25, 0.3) is 11.5 Å². The molecular weight excluding hydrogens is 216 g/mol. The van der Waals surface area contributed by atoms with Gasteiger partial charge in [-0.15, -0.1) is 0 Å². The Kier molecular flexibility index (Phi) is 3.61. The third-order valence-electron chi connectivity index (χ3n) is 3.33. The van der Waals surface area contributed by atoms with Crippen molar-refractivity contribution in [3.05, 3.63) is 34.2 Å². The maximum Gasteiger partial charge on any atom is 0.260 e. The Hall–Kier alpha value is -1.58. The first-order chi connectivity index (χ1) is 8.16. The number of hydrogen-bond acceptors (Lipinski definition) is 2. The van der Waals surface area contributed by atoms with Gasteiger partial charge in [-0.2, -0.15) is 0 Å². The highest BCUT2D eigenvalue weighted by molar-refractivity contribution is 5.93. The van der Waals surface area contributed by atoms with Gasteiger partial charge in [-0.25, -0.2) is 0 Å². The first kappa shape index (κ1) is 11.9. The van der Waals surface area contributed by atoms with Gasteiger partial charge in [0.2, 0.25) is 0 Å². The lowest BCUT2D eigenvalue weighted by molar-refractivity contribution is 0.0920. The van der Waals surface area contributed by atoms with Gasteiger partial charge < -0.3 is 10.3 Å². The molecule has 1 heterocycles. The Morgan fingerprint density at radius 3 is 3.00 bits per heavy atom. The number of carbonyl (C=O) groups is 1. The van der Waals surface area contributed by atoms with Crippen LogP contribution in [0.15, 0.2) is 23.1 Å². The summed E-state index contributed by atoms with van der Waals surface area (Å²) in [6.45, 7) is 2.20. The fraction of sp³-hybridized carbons (Fsp3) is 0.538. The molecule has 0 aliphatic heterocycles. The molecule has 4 nitrogen and oxygen atoms in total. The Morgan fingerprint density at radius 2 is 2.29 bits per heavy atom. The summed E-state index contributed by atoms with van der Waals surface area (Å²) >= 11 is 0. The molecule has 0 unspecified atom stereocenters. The van der Waals surface area contributed by atoms with Crippen molar-refractivity contribution in [2.24, 2.45) is 5.92 Å². The summed E-state index contributed by atoms with van der Waals surface area (Å²) in [5.41, 5.74) is -0.125. The molecule has 1 fully saturated rings. The van der Waals surface area contributed by atoms with Crippen LogP contribution in [-0.2, 0) is 0 Å². The van der Waals surface area contributed by atoms with Crippen molar-refractivity contribution >= 4 is 5.91 Å². The molecule has 0 radical (unpaired) electrons. The fourth-order valence-corrected chi connectivity index (χ4v) is 2.43. The maximum absolute atomic E-state index is 11.9. The van der Waals surface area contributed by atoms with Crippen LogP contribution in [0.4, 0.5) is 0 Å². The van der Waals surface area contributed by atoms with Crippen LogP contribution in [0, 0.1) is 5.92 Å². The van der Waals surface area contributed by atoms with E-state index in [0.29, 0.717) is 5.92 Å². The van der Waals surface area contributed by atoms with E-state index < -0.39 is 0 Å². The molecule has 0 aromatic carbocycles. The molecule has 4 heteroatoms. The monoisotopic (exact) mass is 234 g/mol. The van der Waals surface area contributed by atoms with Gasteiger partial charge in [0.05, 0.1) is 0 Å². The normalized spacial score (nSPS) is 24.3. The van der Waals surface area contributed by atoms with Crippen molar-refractivity contribution in [3.8, 4) is 0 Å². The standard InChI is InChI=1S/C13H18N2O2/c1-9-4-2-5-10(8-9)15-13(17)11-6-3-7-14-12(11)16/h3,6-7,9-10H,2,4-5,8H2,1H3,(H,14,16)(H,15,17)/t9-,10-/m0/s1. The molecule has 0 spiro atoms. The van der Waals surface area contributed by atoms with Crippen molar-refractivity contribution in [3.63, 3.8) is 0 Å². The van der Waals surface area contributed by atoms with Crippen LogP contribution >= 0.6 is 0 Å². The summed E-state index contributed by atoms with van der Waals surface area (Å²) in [7, 11) is 0. The zero-order valence-electron chi connectivity index (χ0n) is 10.0. The number of H-pyrrole nitrogens is 1. The average molecular weight is 234 g/mol. The van der Waals surface area contributed by atoms with E-state index in [1.165, 1.54) is 12.6 Å². The largest absolute Gasteiger partial charge is 0.349 e. The molecule has 1 saturated carbocycles. The van der Waals surface area contributed by atoms with Gasteiger partial charge in [0.1, 0.15) is 5.56 Å². The number of hydrogen-bond donors (Lipinski definition) is 2. The third kappa shape index (κ3) is 2.96. The Bertz CT molecular complexity index is 453. The van der Waals surface area contributed by atoms with Crippen LogP contribution in [-0.4, -0.2) is 16.9 Å². The zero-order valence-corrected chi connectivity index (χ0v) is 10.0. The van der Waals surface area contributed by atoms with Crippen LogP contribution in [0.25, 0.3) is 0 Å². The van der Waals surface area contributed by atoms with Crippen molar-refractivity contribution in [2.45, 2.75) is 38.6 Å². The molecule has 2 N–H and O–H groups in total. The van der Waals surface area contributed by atoms with Crippen molar-refractivity contribution < 1.29 is 4.79 Å². The molecule has 1 aromatic heterocycles. The smallest absolute Gasteiger partial charge is 0.260 e. The number of pyridine rings is 1. The molecule has 0 bridgehead atoms. The highest BCUT2D eigenvalue weighted by Gasteiger charge is 2.21. The van der Waals surface area contributed by atoms with E-state index in [1.807, 2.05) is 0 Å². The highest BCUT2D eigenvalue weighted by Crippen LogP contribution is 2.23. The summed E-state index contributed by atoms with van der Waals surface area (Å²) < 4.78 is 0. The lowest BCUT2D eigenvalue weighted by atomic mass is 9.87. The number of rotatable bonds is 2. The molecule has 2 rings (SSSR count). The summed E-state index contributed by atoms with van der Waals surface area (Å²) in [4.78, 5) is 25.9. The maximum atomic E-state index is 11.9. The number of aromatic amines is 1. The van der Waals surface area contributed by atoms with E-state index in [-0.39, 0.29) is 23.1 Å². The lowest BCUT2D eigenvalue weighted by Crippen LogP contribution is -2.39. The molecule has 1 amide bonds. The first-order valence-corrected chi connectivity index (χ1v) is 6.15. The van der Waals surface area contributed by atoms with E-state index in [2.05, 4.69) is 17.2 Å². The predicted octanol–water partition coefficient (Wildman–Crippen LogP) is 1.68. The van der Waals surface area contributed by atoms with Gasteiger partial charge in [0, 0.05) is 12.2 Å². The average Bonchev–Trinajstić information content (AvgIpc) is 2.29. The predicted molar refractivity (Wildman–Crippen MR) is 65.9 cm³/mol. The third-order valence-corrected chi connectivity index (χ3v) is 3.33. The highest BCUT2D eigenvalue weighted by atomic mass is 16.2. The molecule has 2 atom stereocenters. The second-order valence-electron chi connectivity index (χ2n) is 4.86. The lowest BCUT2D eigenvalue weighted by Gasteiger charge is -2.27. The SMILES string of the molecule is C[C@H]1CCC[C@H](NC(=O)c2ccc[nH]c2=O)C1. The minimum atomic E-state index is -0.325. The van der Waals surface area contributed by atoms with Crippen molar-refractivity contribution in [2.75, 3.05) is 0 Å². The van der Waals surface area contributed by atoms with Gasteiger partial charge >= 0.3 is 0 Å².